The molecule has 22 heavy (non-hydrogen) atoms. The third-order valence-electron chi connectivity index (χ3n) is 3.54. The average Bonchev–Trinajstić information content (AvgIpc) is 2.95. The fraction of sp³-hybridized carbons (Fsp3) is 0.118. The van der Waals surface area contributed by atoms with E-state index in [4.69, 9.17) is 5.73 Å². The highest BCUT2D eigenvalue weighted by molar-refractivity contribution is 5.78. The Morgan fingerprint density at radius 1 is 1.14 bits per heavy atom. The zero-order valence-corrected chi connectivity index (χ0v) is 12.2. The summed E-state index contributed by atoms with van der Waals surface area (Å²) in [7, 11) is 1.86. The van der Waals surface area contributed by atoms with E-state index in [2.05, 4.69) is 10.1 Å². The van der Waals surface area contributed by atoms with Crippen molar-refractivity contribution in [3.8, 4) is 22.3 Å². The van der Waals surface area contributed by atoms with Crippen LogP contribution in [0.2, 0.25) is 0 Å². The summed E-state index contributed by atoms with van der Waals surface area (Å²) < 4.78 is 1.73. The number of rotatable bonds is 4. The number of pyridine rings is 1. The average molecular weight is 292 g/mol. The second-order valence-corrected chi connectivity index (χ2v) is 5.13. The van der Waals surface area contributed by atoms with E-state index in [-0.39, 0.29) is 0 Å². The molecule has 0 unspecified atom stereocenters. The molecule has 0 fully saturated rings. The van der Waals surface area contributed by atoms with Crippen LogP contribution in [0.25, 0.3) is 22.3 Å². The van der Waals surface area contributed by atoms with Gasteiger partial charge in [0.2, 0.25) is 0 Å². The summed E-state index contributed by atoms with van der Waals surface area (Å²) in [5.74, 6) is 0.481. The Hall–Kier alpha value is -2.95. The highest BCUT2D eigenvalue weighted by Gasteiger charge is 2.08. The molecular weight excluding hydrogens is 276 g/mol. The number of aryl methyl sites for hydroxylation is 1. The number of anilines is 1. The van der Waals surface area contributed by atoms with Crippen LogP contribution in [0.15, 0.2) is 48.9 Å². The first-order valence-electron chi connectivity index (χ1n) is 6.95. The Bertz CT molecular complexity index is 806. The molecular formula is C17H16N4O. The van der Waals surface area contributed by atoms with Crippen molar-refractivity contribution in [1.82, 2.24) is 14.8 Å². The number of nitrogens with two attached hydrogens (primary N) is 1. The third-order valence-corrected chi connectivity index (χ3v) is 3.54. The summed E-state index contributed by atoms with van der Waals surface area (Å²) >= 11 is 0. The first-order chi connectivity index (χ1) is 10.7. The summed E-state index contributed by atoms with van der Waals surface area (Å²) in [6.45, 7) is 0. The fourth-order valence-corrected chi connectivity index (χ4v) is 2.35. The van der Waals surface area contributed by atoms with E-state index in [1.807, 2.05) is 43.6 Å². The molecule has 0 radical (unpaired) electrons. The number of carbonyl (C=O) groups excluding carboxylic acids is 1. The molecule has 0 bridgehead atoms. The Morgan fingerprint density at radius 2 is 1.91 bits per heavy atom. The van der Waals surface area contributed by atoms with Gasteiger partial charge in [0.1, 0.15) is 12.1 Å². The van der Waals surface area contributed by atoms with E-state index in [9.17, 15) is 4.79 Å². The van der Waals surface area contributed by atoms with Crippen LogP contribution >= 0.6 is 0 Å². The monoisotopic (exact) mass is 292 g/mol. The molecule has 2 N–H and O–H groups in total. The largest absolute Gasteiger partial charge is 0.383 e. The summed E-state index contributed by atoms with van der Waals surface area (Å²) in [5.41, 5.74) is 10.8. The summed E-state index contributed by atoms with van der Waals surface area (Å²) in [5, 5.41) is 4.17. The molecule has 2 aromatic heterocycles. The van der Waals surface area contributed by atoms with Gasteiger partial charge in [-0.25, -0.2) is 4.98 Å². The first-order valence-corrected chi connectivity index (χ1v) is 6.95. The van der Waals surface area contributed by atoms with Gasteiger partial charge < -0.3 is 10.5 Å². The number of nitrogens with zero attached hydrogens (tertiary/aromatic N) is 3. The van der Waals surface area contributed by atoms with Crippen LogP contribution in [-0.2, 0) is 18.3 Å². The second kappa shape index (κ2) is 5.81. The number of hydrogen-bond donors (Lipinski definition) is 1. The van der Waals surface area contributed by atoms with E-state index in [0.29, 0.717) is 12.2 Å². The maximum Gasteiger partial charge on any atom is 0.131 e. The molecule has 110 valence electrons. The van der Waals surface area contributed by atoms with Crippen LogP contribution in [0.1, 0.15) is 5.56 Å². The lowest BCUT2D eigenvalue weighted by molar-refractivity contribution is -0.107. The molecule has 0 saturated carbocycles. The molecule has 0 aliphatic heterocycles. The second-order valence-electron chi connectivity index (χ2n) is 5.13. The Morgan fingerprint density at radius 3 is 2.55 bits per heavy atom. The molecule has 1 aromatic carbocycles. The number of hydrogen-bond acceptors (Lipinski definition) is 4. The molecule has 3 rings (SSSR count). The van der Waals surface area contributed by atoms with E-state index in [0.717, 1.165) is 34.1 Å². The highest BCUT2D eigenvalue weighted by atomic mass is 16.1. The van der Waals surface area contributed by atoms with Crippen molar-refractivity contribution in [3.05, 3.63) is 54.5 Å². The van der Waals surface area contributed by atoms with E-state index >= 15 is 0 Å². The molecule has 0 atom stereocenters. The first kappa shape index (κ1) is 14.0. The zero-order valence-electron chi connectivity index (χ0n) is 12.2. The number of benzene rings is 1. The predicted molar refractivity (Wildman–Crippen MR) is 86.1 cm³/mol. The Labute approximate surface area is 128 Å². The summed E-state index contributed by atoms with van der Waals surface area (Å²) in [4.78, 5) is 14.8. The minimum atomic E-state index is 0.432. The number of aldehydes is 1. The van der Waals surface area contributed by atoms with Gasteiger partial charge in [0.05, 0.1) is 6.20 Å². The lowest BCUT2D eigenvalue weighted by atomic mass is 10.0. The van der Waals surface area contributed by atoms with Gasteiger partial charge >= 0.3 is 0 Å². The standard InChI is InChI=1S/C17H16N4O/c1-21-11-15(10-20-21)16-8-14(9-19-17(16)18)13-4-2-12(3-5-13)6-7-22/h2-5,7-11H,6H2,1H3,(H2,18,19). The van der Waals surface area contributed by atoms with Crippen molar-refractivity contribution in [2.75, 3.05) is 5.73 Å². The molecule has 2 heterocycles. The van der Waals surface area contributed by atoms with Gasteiger partial charge in [0.15, 0.2) is 0 Å². The van der Waals surface area contributed by atoms with Crippen LogP contribution in [-0.4, -0.2) is 21.1 Å². The lowest BCUT2D eigenvalue weighted by Crippen LogP contribution is -1.95. The van der Waals surface area contributed by atoms with Gasteiger partial charge in [-0.1, -0.05) is 24.3 Å². The van der Waals surface area contributed by atoms with Gasteiger partial charge in [-0.05, 0) is 17.2 Å². The molecule has 0 aliphatic carbocycles. The molecule has 0 saturated heterocycles. The zero-order chi connectivity index (χ0) is 15.5. The molecule has 0 amide bonds. The Balaban J connectivity index is 1.99. The van der Waals surface area contributed by atoms with Crippen molar-refractivity contribution in [2.45, 2.75) is 6.42 Å². The number of aromatic nitrogens is 3. The van der Waals surface area contributed by atoms with Crippen molar-refractivity contribution in [3.63, 3.8) is 0 Å². The predicted octanol–water partition coefficient (Wildman–Crippen LogP) is 2.47. The minimum absolute atomic E-state index is 0.432. The maximum absolute atomic E-state index is 10.5. The molecule has 0 aliphatic rings. The molecule has 0 spiro atoms. The van der Waals surface area contributed by atoms with Crippen molar-refractivity contribution in [1.29, 1.82) is 0 Å². The highest BCUT2D eigenvalue weighted by Crippen LogP contribution is 2.29. The normalized spacial score (nSPS) is 10.6. The Kier molecular flexibility index (Phi) is 3.70. The fourth-order valence-electron chi connectivity index (χ4n) is 2.35. The smallest absolute Gasteiger partial charge is 0.131 e. The lowest BCUT2D eigenvalue weighted by Gasteiger charge is -2.07. The summed E-state index contributed by atoms with van der Waals surface area (Å²) in [6, 6.07) is 9.87. The minimum Gasteiger partial charge on any atom is -0.383 e. The van der Waals surface area contributed by atoms with Crippen LogP contribution in [0.5, 0.6) is 0 Å². The SMILES string of the molecule is Cn1cc(-c2cc(-c3ccc(CC=O)cc3)cnc2N)cn1. The number of carbonyl (C=O) groups is 1. The van der Waals surface area contributed by atoms with E-state index < -0.39 is 0 Å². The van der Waals surface area contributed by atoms with Crippen molar-refractivity contribution in [2.24, 2.45) is 7.05 Å². The van der Waals surface area contributed by atoms with Crippen LogP contribution in [0.4, 0.5) is 5.82 Å². The van der Waals surface area contributed by atoms with E-state index in [1.54, 1.807) is 17.1 Å². The van der Waals surface area contributed by atoms with Gasteiger partial charge in [-0.3, -0.25) is 4.68 Å². The van der Waals surface area contributed by atoms with Crippen molar-refractivity contribution >= 4 is 12.1 Å². The van der Waals surface area contributed by atoms with Gasteiger partial charge in [-0.2, -0.15) is 5.10 Å². The van der Waals surface area contributed by atoms with Gasteiger partial charge in [0.25, 0.3) is 0 Å². The van der Waals surface area contributed by atoms with Crippen LogP contribution in [0, 0.1) is 0 Å². The van der Waals surface area contributed by atoms with E-state index in [1.165, 1.54) is 0 Å². The van der Waals surface area contributed by atoms with Gasteiger partial charge in [0, 0.05) is 42.6 Å². The quantitative estimate of drug-likeness (QED) is 0.750. The number of nitrogen functional groups attached to an aromatic ring is 1. The molecule has 3 aromatic rings. The van der Waals surface area contributed by atoms with Crippen molar-refractivity contribution < 1.29 is 4.79 Å². The van der Waals surface area contributed by atoms with Gasteiger partial charge in [-0.15, -0.1) is 0 Å². The maximum atomic E-state index is 10.5. The molecule has 5 nitrogen and oxygen atoms in total. The summed E-state index contributed by atoms with van der Waals surface area (Å²) in [6.07, 6.45) is 6.76. The van der Waals surface area contributed by atoms with Crippen LogP contribution < -0.4 is 5.73 Å². The third kappa shape index (κ3) is 2.74. The van der Waals surface area contributed by atoms with Crippen LogP contribution in [0.3, 0.4) is 0 Å². The topological polar surface area (TPSA) is 73.8 Å². The molecule has 5 heteroatoms.